The van der Waals surface area contributed by atoms with E-state index in [2.05, 4.69) is 20.8 Å². The van der Waals surface area contributed by atoms with Gasteiger partial charge in [0, 0.05) is 0 Å². The standard InChI is InChI=1S/C17H21NO3/c1-17(2,3)11-6-4-10(5-7-11)14(19)9-18-15(20)12-8-13(12)16(18)21/h4-7,12-14,19H,8-9H2,1-3H3. The molecule has 1 heterocycles. The fourth-order valence-corrected chi connectivity index (χ4v) is 2.91. The van der Waals surface area contributed by atoms with Crippen LogP contribution in [0.15, 0.2) is 24.3 Å². The van der Waals surface area contributed by atoms with E-state index in [0.29, 0.717) is 6.42 Å². The van der Waals surface area contributed by atoms with Crippen molar-refractivity contribution in [1.82, 2.24) is 4.90 Å². The summed E-state index contributed by atoms with van der Waals surface area (Å²) in [5, 5.41) is 10.3. The summed E-state index contributed by atoms with van der Waals surface area (Å²) in [5.41, 5.74) is 1.99. The molecule has 3 atom stereocenters. The van der Waals surface area contributed by atoms with Crippen molar-refractivity contribution in [3.05, 3.63) is 35.4 Å². The second kappa shape index (κ2) is 4.67. The molecule has 1 N–H and O–H groups in total. The molecule has 0 aromatic heterocycles. The Labute approximate surface area is 124 Å². The Balaban J connectivity index is 1.70. The quantitative estimate of drug-likeness (QED) is 0.865. The predicted octanol–water partition coefficient (Wildman–Crippen LogP) is 2.02. The monoisotopic (exact) mass is 287 g/mol. The summed E-state index contributed by atoms with van der Waals surface area (Å²) in [6.07, 6.45) is -0.116. The van der Waals surface area contributed by atoms with Crippen molar-refractivity contribution in [2.24, 2.45) is 11.8 Å². The van der Waals surface area contributed by atoms with Gasteiger partial charge in [-0.1, -0.05) is 45.0 Å². The number of carbonyl (C=O) groups is 2. The Morgan fingerprint density at radius 3 is 2.14 bits per heavy atom. The van der Waals surface area contributed by atoms with Crippen molar-refractivity contribution in [1.29, 1.82) is 0 Å². The molecule has 1 aliphatic heterocycles. The zero-order valence-corrected chi connectivity index (χ0v) is 12.7. The van der Waals surface area contributed by atoms with E-state index >= 15 is 0 Å². The fourth-order valence-electron chi connectivity index (χ4n) is 2.91. The van der Waals surface area contributed by atoms with Crippen LogP contribution in [0.2, 0.25) is 0 Å². The van der Waals surface area contributed by atoms with Gasteiger partial charge in [0.05, 0.1) is 24.5 Å². The Morgan fingerprint density at radius 1 is 1.14 bits per heavy atom. The number of amides is 2. The van der Waals surface area contributed by atoms with Crippen molar-refractivity contribution in [2.45, 2.75) is 38.7 Å². The van der Waals surface area contributed by atoms with Crippen LogP contribution in [0.3, 0.4) is 0 Å². The van der Waals surface area contributed by atoms with Crippen molar-refractivity contribution in [3.8, 4) is 0 Å². The zero-order chi connectivity index (χ0) is 15.4. The predicted molar refractivity (Wildman–Crippen MR) is 78.4 cm³/mol. The average molecular weight is 287 g/mol. The van der Waals surface area contributed by atoms with E-state index in [0.717, 1.165) is 5.56 Å². The van der Waals surface area contributed by atoms with Gasteiger partial charge in [0.1, 0.15) is 0 Å². The van der Waals surface area contributed by atoms with Crippen molar-refractivity contribution >= 4 is 11.8 Å². The molecule has 0 radical (unpaired) electrons. The molecule has 1 saturated heterocycles. The number of piperidine rings is 1. The number of hydrogen-bond donors (Lipinski definition) is 1. The number of hydrogen-bond acceptors (Lipinski definition) is 3. The molecule has 21 heavy (non-hydrogen) atoms. The number of imide groups is 1. The second-order valence-corrected chi connectivity index (χ2v) is 7.12. The first-order valence-corrected chi connectivity index (χ1v) is 7.43. The zero-order valence-electron chi connectivity index (χ0n) is 12.7. The minimum Gasteiger partial charge on any atom is -0.387 e. The van der Waals surface area contributed by atoms with Gasteiger partial charge < -0.3 is 5.11 Å². The van der Waals surface area contributed by atoms with Crippen LogP contribution in [0.5, 0.6) is 0 Å². The van der Waals surface area contributed by atoms with Gasteiger partial charge in [0.25, 0.3) is 0 Å². The van der Waals surface area contributed by atoms with E-state index in [-0.39, 0.29) is 35.6 Å². The SMILES string of the molecule is CC(C)(C)c1ccc(C(O)CN2C(=O)C3CC3C2=O)cc1. The number of carbonyl (C=O) groups excluding carboxylic acids is 2. The molecule has 112 valence electrons. The minimum absolute atomic E-state index is 0.0612. The van der Waals surface area contributed by atoms with Crippen LogP contribution in [0.25, 0.3) is 0 Å². The summed E-state index contributed by atoms with van der Waals surface area (Å²) >= 11 is 0. The Bertz CT molecular complexity index is 565. The number of aliphatic hydroxyl groups excluding tert-OH is 1. The molecule has 2 amide bonds. The molecule has 3 rings (SSSR count). The lowest BCUT2D eigenvalue weighted by Gasteiger charge is -2.22. The number of nitrogens with zero attached hydrogens (tertiary/aromatic N) is 1. The van der Waals surface area contributed by atoms with Crippen LogP contribution in [-0.4, -0.2) is 28.4 Å². The van der Waals surface area contributed by atoms with Gasteiger partial charge >= 0.3 is 0 Å². The number of benzene rings is 1. The lowest BCUT2D eigenvalue weighted by Crippen LogP contribution is -2.36. The lowest BCUT2D eigenvalue weighted by atomic mass is 9.86. The van der Waals surface area contributed by atoms with E-state index in [4.69, 9.17) is 0 Å². The maximum Gasteiger partial charge on any atom is 0.233 e. The first kappa shape index (κ1) is 14.3. The highest BCUT2D eigenvalue weighted by Gasteiger charge is 2.58. The molecule has 4 nitrogen and oxygen atoms in total. The highest BCUT2D eigenvalue weighted by Crippen LogP contribution is 2.47. The third-order valence-electron chi connectivity index (χ3n) is 4.47. The number of β-amino-alcohol motifs (C(OH)–C–C–N with tert-alkyl or cyclic N) is 1. The molecule has 4 heteroatoms. The molecule has 1 aromatic rings. The van der Waals surface area contributed by atoms with Gasteiger partial charge in [-0.3, -0.25) is 14.5 Å². The molecular weight excluding hydrogens is 266 g/mol. The van der Waals surface area contributed by atoms with Gasteiger partial charge in [-0.25, -0.2) is 0 Å². The topological polar surface area (TPSA) is 57.6 Å². The van der Waals surface area contributed by atoms with Gasteiger partial charge in [0.15, 0.2) is 0 Å². The molecule has 1 aliphatic carbocycles. The van der Waals surface area contributed by atoms with Crippen LogP contribution in [0.4, 0.5) is 0 Å². The molecular formula is C17H21NO3. The van der Waals surface area contributed by atoms with Crippen LogP contribution in [0, 0.1) is 11.8 Å². The summed E-state index contributed by atoms with van der Waals surface area (Å²) in [5.74, 6) is -0.438. The van der Waals surface area contributed by atoms with Gasteiger partial charge in [-0.2, -0.15) is 0 Å². The largest absolute Gasteiger partial charge is 0.387 e. The molecule has 2 fully saturated rings. The molecule has 0 bridgehead atoms. The number of rotatable bonds is 3. The maximum atomic E-state index is 11.9. The summed E-state index contributed by atoms with van der Waals surface area (Å²) < 4.78 is 0. The molecule has 2 aliphatic rings. The Morgan fingerprint density at radius 2 is 1.67 bits per heavy atom. The molecule has 1 aromatic carbocycles. The summed E-state index contributed by atoms with van der Waals surface area (Å²) in [4.78, 5) is 25.0. The van der Waals surface area contributed by atoms with E-state index in [1.165, 1.54) is 10.5 Å². The number of likely N-dealkylation sites (tertiary alicyclic amines) is 1. The summed E-state index contributed by atoms with van der Waals surface area (Å²) in [6, 6.07) is 7.72. The van der Waals surface area contributed by atoms with E-state index in [1.54, 1.807) is 0 Å². The maximum absolute atomic E-state index is 11.9. The van der Waals surface area contributed by atoms with E-state index in [1.807, 2.05) is 24.3 Å². The fraction of sp³-hybridized carbons (Fsp3) is 0.529. The lowest BCUT2D eigenvalue weighted by molar-refractivity contribution is -0.143. The van der Waals surface area contributed by atoms with Crippen LogP contribution < -0.4 is 0 Å². The van der Waals surface area contributed by atoms with E-state index in [9.17, 15) is 14.7 Å². The highest BCUT2D eigenvalue weighted by atomic mass is 16.3. The van der Waals surface area contributed by atoms with Crippen LogP contribution in [-0.2, 0) is 15.0 Å². The minimum atomic E-state index is -0.815. The number of aliphatic hydroxyl groups is 1. The summed E-state index contributed by atoms with van der Waals surface area (Å²) in [7, 11) is 0. The first-order valence-electron chi connectivity index (χ1n) is 7.43. The molecule has 1 saturated carbocycles. The number of fused-ring (bicyclic) bond motifs is 1. The van der Waals surface area contributed by atoms with Crippen molar-refractivity contribution in [2.75, 3.05) is 6.54 Å². The molecule has 0 spiro atoms. The second-order valence-electron chi connectivity index (χ2n) is 7.12. The van der Waals surface area contributed by atoms with Crippen molar-refractivity contribution in [3.63, 3.8) is 0 Å². The van der Waals surface area contributed by atoms with Crippen LogP contribution in [0.1, 0.15) is 44.4 Å². The van der Waals surface area contributed by atoms with Gasteiger partial charge in [0.2, 0.25) is 11.8 Å². The Kier molecular flexibility index (Phi) is 3.17. The van der Waals surface area contributed by atoms with Gasteiger partial charge in [-0.05, 0) is 23.0 Å². The Hall–Kier alpha value is -1.68. The smallest absolute Gasteiger partial charge is 0.233 e. The normalized spacial score (nSPS) is 26.0. The third kappa shape index (κ3) is 2.48. The van der Waals surface area contributed by atoms with Crippen LogP contribution >= 0.6 is 0 Å². The molecule has 3 unspecified atom stereocenters. The average Bonchev–Trinajstić information content (AvgIpc) is 3.18. The van der Waals surface area contributed by atoms with Crippen molar-refractivity contribution < 1.29 is 14.7 Å². The first-order chi connectivity index (χ1) is 9.79. The summed E-state index contributed by atoms with van der Waals surface area (Å²) in [6.45, 7) is 6.46. The highest BCUT2D eigenvalue weighted by molar-refractivity contribution is 6.08. The third-order valence-corrected chi connectivity index (χ3v) is 4.47. The van der Waals surface area contributed by atoms with Gasteiger partial charge in [-0.15, -0.1) is 0 Å². The van der Waals surface area contributed by atoms with E-state index < -0.39 is 6.10 Å².